The minimum absolute atomic E-state index is 0.0632. The van der Waals surface area contributed by atoms with Gasteiger partial charge in [0.25, 0.3) is 0 Å². The number of hydrogen-bond acceptors (Lipinski definition) is 4. The fraction of sp³-hybridized carbons (Fsp3) is 0.391. The van der Waals surface area contributed by atoms with E-state index in [9.17, 15) is 9.59 Å². The number of nitrogens with zero attached hydrogens (tertiary/aromatic N) is 1. The molecule has 29 heavy (non-hydrogen) atoms. The summed E-state index contributed by atoms with van der Waals surface area (Å²) in [6, 6.07) is 16.6. The highest BCUT2D eigenvalue weighted by Crippen LogP contribution is 2.44. The third-order valence-corrected chi connectivity index (χ3v) is 5.79. The monoisotopic (exact) mass is 395 g/mol. The first-order valence-corrected chi connectivity index (χ1v) is 10.0. The maximum Gasteiger partial charge on any atom is 0.409 e. The molecule has 6 heteroatoms. The Morgan fingerprint density at radius 1 is 0.931 bits per heavy atom. The van der Waals surface area contributed by atoms with Crippen molar-refractivity contribution in [3.8, 4) is 11.1 Å². The summed E-state index contributed by atoms with van der Waals surface area (Å²) in [5, 5.41) is 8.63. The van der Waals surface area contributed by atoms with Crippen LogP contribution in [0.1, 0.15) is 29.9 Å². The van der Waals surface area contributed by atoms with Crippen molar-refractivity contribution in [1.29, 1.82) is 0 Å². The van der Waals surface area contributed by atoms with Crippen LogP contribution in [-0.2, 0) is 14.3 Å². The van der Waals surface area contributed by atoms with Crippen LogP contribution in [-0.4, -0.2) is 55.0 Å². The molecular weight excluding hydrogens is 370 g/mol. The number of carbonyl (C=O) groups is 2. The first-order valence-electron chi connectivity index (χ1n) is 10.0. The van der Waals surface area contributed by atoms with Gasteiger partial charge in [-0.2, -0.15) is 0 Å². The number of ether oxygens (including phenoxy) is 2. The number of carboxylic acid groups (broad SMARTS) is 1. The molecule has 0 atom stereocenters. The molecule has 2 aromatic rings. The normalized spacial score (nSPS) is 16.3. The maximum atomic E-state index is 12.6. The molecule has 6 nitrogen and oxygen atoms in total. The van der Waals surface area contributed by atoms with Gasteiger partial charge in [0.05, 0.1) is 6.61 Å². The van der Waals surface area contributed by atoms with Crippen LogP contribution in [0.2, 0.25) is 0 Å². The van der Waals surface area contributed by atoms with Gasteiger partial charge in [-0.25, -0.2) is 9.59 Å². The van der Waals surface area contributed by atoms with E-state index in [1.807, 2.05) is 24.3 Å². The molecule has 0 radical (unpaired) electrons. The molecule has 1 aliphatic carbocycles. The zero-order chi connectivity index (χ0) is 20.2. The summed E-state index contributed by atoms with van der Waals surface area (Å²) in [5.41, 5.74) is 4.84. The molecular formula is C23H25NO5. The number of carboxylic acids is 1. The minimum atomic E-state index is -0.957. The number of amides is 1. The molecule has 0 saturated carbocycles. The Morgan fingerprint density at radius 2 is 1.52 bits per heavy atom. The minimum Gasteiger partial charge on any atom is -0.480 e. The van der Waals surface area contributed by atoms with E-state index in [-0.39, 0.29) is 24.5 Å². The van der Waals surface area contributed by atoms with Crippen molar-refractivity contribution in [1.82, 2.24) is 4.90 Å². The van der Waals surface area contributed by atoms with Gasteiger partial charge in [-0.15, -0.1) is 0 Å². The second-order valence-corrected chi connectivity index (χ2v) is 7.64. The smallest absolute Gasteiger partial charge is 0.409 e. The van der Waals surface area contributed by atoms with Gasteiger partial charge in [-0.1, -0.05) is 48.5 Å². The number of aliphatic carboxylic acids is 1. The van der Waals surface area contributed by atoms with E-state index in [4.69, 9.17) is 14.6 Å². The molecule has 0 spiro atoms. The molecule has 2 aliphatic rings. The predicted octanol–water partition coefficient (Wildman–Crippen LogP) is 3.75. The Hall–Kier alpha value is -2.86. The summed E-state index contributed by atoms with van der Waals surface area (Å²) in [6.07, 6.45) is 1.31. The fourth-order valence-corrected chi connectivity index (χ4v) is 4.28. The van der Waals surface area contributed by atoms with E-state index in [1.54, 1.807) is 4.90 Å². The van der Waals surface area contributed by atoms with E-state index in [0.29, 0.717) is 26.3 Å². The molecule has 1 fully saturated rings. The topological polar surface area (TPSA) is 76.1 Å². The van der Waals surface area contributed by atoms with Crippen molar-refractivity contribution in [3.05, 3.63) is 59.7 Å². The number of piperidine rings is 1. The van der Waals surface area contributed by atoms with Crippen LogP contribution >= 0.6 is 0 Å². The Morgan fingerprint density at radius 3 is 2.10 bits per heavy atom. The Kier molecular flexibility index (Phi) is 5.81. The molecule has 1 saturated heterocycles. The van der Waals surface area contributed by atoms with Crippen LogP contribution in [0.15, 0.2) is 48.5 Å². The Bertz CT molecular complexity index is 843. The van der Waals surface area contributed by atoms with Crippen molar-refractivity contribution in [2.24, 2.45) is 5.92 Å². The second-order valence-electron chi connectivity index (χ2n) is 7.64. The molecule has 1 amide bonds. The molecule has 2 aromatic carbocycles. The van der Waals surface area contributed by atoms with Crippen LogP contribution in [0.3, 0.4) is 0 Å². The van der Waals surface area contributed by atoms with Gasteiger partial charge in [0, 0.05) is 19.0 Å². The standard InChI is InChI=1S/C23H25NO5/c25-22(26)15-28-13-16-9-11-24(12-10-16)23(27)29-14-21-19-7-3-1-5-17(19)18-6-2-4-8-20(18)21/h1-8,16,21H,9-15H2,(H,25,26). The second kappa shape index (κ2) is 8.66. The summed E-state index contributed by atoms with van der Waals surface area (Å²) in [4.78, 5) is 24.8. The summed E-state index contributed by atoms with van der Waals surface area (Å²) >= 11 is 0. The van der Waals surface area contributed by atoms with Crippen LogP contribution in [0.25, 0.3) is 11.1 Å². The molecule has 0 aromatic heterocycles. The number of carbonyl (C=O) groups excluding carboxylic acids is 1. The van der Waals surface area contributed by atoms with Gasteiger partial charge in [-0.3, -0.25) is 0 Å². The van der Waals surface area contributed by atoms with Crippen molar-refractivity contribution in [2.45, 2.75) is 18.8 Å². The van der Waals surface area contributed by atoms with Crippen molar-refractivity contribution < 1.29 is 24.2 Å². The molecule has 0 unspecified atom stereocenters. The third kappa shape index (κ3) is 4.27. The quantitative estimate of drug-likeness (QED) is 0.806. The molecule has 1 heterocycles. The number of fused-ring (bicyclic) bond motifs is 3. The SMILES string of the molecule is O=C(O)COCC1CCN(C(=O)OCC2c3ccccc3-c3ccccc32)CC1. The number of benzene rings is 2. The summed E-state index contributed by atoms with van der Waals surface area (Å²) in [7, 11) is 0. The Labute approximate surface area is 170 Å². The lowest BCUT2D eigenvalue weighted by atomic mass is 9.98. The highest BCUT2D eigenvalue weighted by Gasteiger charge is 2.30. The summed E-state index contributed by atoms with van der Waals surface area (Å²) in [5.74, 6) is -0.610. The first-order chi connectivity index (χ1) is 14.1. The number of rotatable bonds is 6. The largest absolute Gasteiger partial charge is 0.480 e. The Balaban J connectivity index is 1.31. The van der Waals surface area contributed by atoms with E-state index >= 15 is 0 Å². The zero-order valence-electron chi connectivity index (χ0n) is 16.3. The number of hydrogen-bond donors (Lipinski definition) is 1. The van der Waals surface area contributed by atoms with Gasteiger partial charge in [0.1, 0.15) is 13.2 Å². The average molecular weight is 395 g/mol. The van der Waals surface area contributed by atoms with Crippen LogP contribution in [0.5, 0.6) is 0 Å². The van der Waals surface area contributed by atoms with Gasteiger partial charge < -0.3 is 19.5 Å². The van der Waals surface area contributed by atoms with Crippen LogP contribution in [0, 0.1) is 5.92 Å². The van der Waals surface area contributed by atoms with Crippen molar-refractivity contribution in [3.63, 3.8) is 0 Å². The molecule has 0 bridgehead atoms. The van der Waals surface area contributed by atoms with Gasteiger partial charge >= 0.3 is 12.1 Å². The fourth-order valence-electron chi connectivity index (χ4n) is 4.28. The summed E-state index contributed by atoms with van der Waals surface area (Å²) < 4.78 is 10.9. The molecule has 4 rings (SSSR count). The van der Waals surface area contributed by atoms with Crippen LogP contribution in [0.4, 0.5) is 4.79 Å². The van der Waals surface area contributed by atoms with Crippen molar-refractivity contribution >= 4 is 12.1 Å². The lowest BCUT2D eigenvalue weighted by Gasteiger charge is -2.31. The van der Waals surface area contributed by atoms with Gasteiger partial charge in [0.2, 0.25) is 0 Å². The number of likely N-dealkylation sites (tertiary alicyclic amines) is 1. The van der Waals surface area contributed by atoms with Crippen molar-refractivity contribution in [2.75, 3.05) is 32.9 Å². The lowest BCUT2D eigenvalue weighted by Crippen LogP contribution is -2.40. The first kappa shape index (κ1) is 19.5. The highest BCUT2D eigenvalue weighted by atomic mass is 16.6. The third-order valence-electron chi connectivity index (χ3n) is 5.79. The average Bonchev–Trinajstić information content (AvgIpc) is 3.06. The van der Waals surface area contributed by atoms with Gasteiger partial charge in [0.15, 0.2) is 0 Å². The molecule has 1 aliphatic heterocycles. The summed E-state index contributed by atoms with van der Waals surface area (Å²) in [6.45, 7) is 1.70. The molecule has 152 valence electrons. The zero-order valence-corrected chi connectivity index (χ0v) is 16.3. The lowest BCUT2D eigenvalue weighted by molar-refractivity contribution is -0.142. The maximum absolute atomic E-state index is 12.6. The van der Waals surface area contributed by atoms with Crippen LogP contribution < -0.4 is 0 Å². The van der Waals surface area contributed by atoms with E-state index < -0.39 is 5.97 Å². The van der Waals surface area contributed by atoms with E-state index in [2.05, 4.69) is 24.3 Å². The predicted molar refractivity (Wildman–Crippen MR) is 108 cm³/mol. The molecule has 1 N–H and O–H groups in total. The van der Waals surface area contributed by atoms with Gasteiger partial charge in [-0.05, 0) is 41.0 Å². The highest BCUT2D eigenvalue weighted by molar-refractivity contribution is 5.79. The van der Waals surface area contributed by atoms with E-state index in [0.717, 1.165) is 12.8 Å². The van der Waals surface area contributed by atoms with E-state index in [1.165, 1.54) is 22.3 Å².